The molecule has 0 N–H and O–H groups in total. The second kappa shape index (κ2) is 9.32. The predicted octanol–water partition coefficient (Wildman–Crippen LogP) is 2.08. The summed E-state index contributed by atoms with van der Waals surface area (Å²) in [5, 5.41) is 0. The molecule has 33 heavy (non-hydrogen) atoms. The topological polar surface area (TPSA) is 104 Å². The quantitative estimate of drug-likeness (QED) is 0.555. The molecule has 0 saturated heterocycles. The summed E-state index contributed by atoms with van der Waals surface area (Å²) in [7, 11) is -4.41. The van der Waals surface area contributed by atoms with E-state index in [4.69, 9.17) is 4.74 Å². The molecule has 1 amide bonds. The number of amides is 1. The molecule has 0 spiro atoms. The molecule has 1 aliphatic heterocycles. The Morgan fingerprint density at radius 1 is 1.06 bits per heavy atom. The van der Waals surface area contributed by atoms with E-state index >= 15 is 0 Å². The zero-order chi connectivity index (χ0) is 24.6. The van der Waals surface area contributed by atoms with Gasteiger partial charge in [0.15, 0.2) is 0 Å². The Balaban J connectivity index is 1.84. The van der Waals surface area contributed by atoms with Crippen molar-refractivity contribution in [2.45, 2.75) is 31.3 Å². The highest BCUT2D eigenvalue weighted by molar-refractivity contribution is 7.92. The Labute approximate surface area is 195 Å². The summed E-state index contributed by atoms with van der Waals surface area (Å²) >= 11 is 0. The number of nitrogens with zero attached hydrogens (tertiary/aromatic N) is 3. The van der Waals surface area contributed by atoms with Crippen LogP contribution in [0.2, 0.25) is 0 Å². The molecule has 0 unspecified atom stereocenters. The first-order valence-corrected chi connectivity index (χ1v) is 13.7. The fraction of sp³-hybridized carbons (Fsp3) is 0.409. The summed E-state index contributed by atoms with van der Waals surface area (Å²) in [5.74, 6) is 0.204. The van der Waals surface area contributed by atoms with Crippen LogP contribution >= 0.6 is 0 Å². The fourth-order valence-electron chi connectivity index (χ4n) is 3.58. The van der Waals surface area contributed by atoms with Crippen molar-refractivity contribution < 1.29 is 26.4 Å². The van der Waals surface area contributed by atoms with Crippen molar-refractivity contribution in [2.24, 2.45) is 0 Å². The van der Waals surface area contributed by atoms with Gasteiger partial charge in [0.2, 0.25) is 26.0 Å². The van der Waals surface area contributed by atoms with Crippen LogP contribution in [0.1, 0.15) is 19.4 Å². The second-order valence-electron chi connectivity index (χ2n) is 8.30. The summed E-state index contributed by atoms with van der Waals surface area (Å²) in [6.07, 6.45) is 1.51. The first kappa shape index (κ1) is 25.0. The number of rotatable bonds is 8. The van der Waals surface area contributed by atoms with Gasteiger partial charge in [0.05, 0.1) is 22.9 Å². The number of fused-ring (bicyclic) bond motifs is 1. The van der Waals surface area contributed by atoms with Crippen LogP contribution in [0.25, 0.3) is 0 Å². The van der Waals surface area contributed by atoms with Crippen LogP contribution in [0.4, 0.5) is 11.4 Å². The fourth-order valence-corrected chi connectivity index (χ4v) is 5.38. The van der Waals surface area contributed by atoms with Gasteiger partial charge >= 0.3 is 0 Å². The number of carbonyl (C=O) groups is 1. The summed E-state index contributed by atoms with van der Waals surface area (Å²) in [5.41, 5.74) is 1.67. The Morgan fingerprint density at radius 2 is 1.70 bits per heavy atom. The largest absolute Gasteiger partial charge is 0.491 e. The van der Waals surface area contributed by atoms with Gasteiger partial charge in [0.25, 0.3) is 0 Å². The van der Waals surface area contributed by atoms with Gasteiger partial charge in [-0.25, -0.2) is 21.1 Å². The predicted molar refractivity (Wildman–Crippen MR) is 128 cm³/mol. The van der Waals surface area contributed by atoms with Gasteiger partial charge in [-0.3, -0.25) is 9.10 Å². The number of carbonyl (C=O) groups excluding carboxylic acids is 1. The van der Waals surface area contributed by atoms with E-state index in [2.05, 4.69) is 0 Å². The molecular formula is C22H29N3O6S2. The summed E-state index contributed by atoms with van der Waals surface area (Å²) in [6.45, 7) is 3.75. The van der Waals surface area contributed by atoms with E-state index in [1.807, 2.05) is 13.8 Å². The number of ether oxygens (including phenoxy) is 1. The van der Waals surface area contributed by atoms with Gasteiger partial charge in [-0.05, 0) is 68.3 Å². The molecule has 11 heteroatoms. The second-order valence-corrected chi connectivity index (χ2v) is 12.4. The molecular weight excluding hydrogens is 466 g/mol. The Kier molecular flexibility index (Phi) is 7.06. The van der Waals surface area contributed by atoms with Gasteiger partial charge in [-0.15, -0.1) is 0 Å². The van der Waals surface area contributed by atoms with E-state index in [1.54, 1.807) is 36.4 Å². The molecule has 0 saturated carbocycles. The van der Waals surface area contributed by atoms with E-state index in [0.717, 1.165) is 20.4 Å². The summed E-state index contributed by atoms with van der Waals surface area (Å²) < 4.78 is 57.5. The third-order valence-corrected chi connectivity index (χ3v) is 8.15. The molecule has 1 heterocycles. The third kappa shape index (κ3) is 5.48. The average Bonchev–Trinajstić information content (AvgIpc) is 3.14. The van der Waals surface area contributed by atoms with Gasteiger partial charge in [0.1, 0.15) is 12.3 Å². The molecule has 0 radical (unpaired) electrons. The lowest BCUT2D eigenvalue weighted by Crippen LogP contribution is -2.42. The highest BCUT2D eigenvalue weighted by Gasteiger charge is 2.30. The molecule has 2 aromatic rings. The standard InChI is InChI=1S/C22H29N3O6S2/c1-16(2)31-19-8-6-18(7-9-19)25(32(5,27)28)15-22(26)24-13-12-17-14-20(10-11-21(17)24)33(29,30)23(3)4/h6-11,14,16H,12-13,15H2,1-5H3. The van der Waals surface area contributed by atoms with Crippen LogP contribution in [-0.2, 0) is 31.3 Å². The Bertz CT molecular complexity index is 1240. The smallest absolute Gasteiger partial charge is 0.247 e. The van der Waals surface area contributed by atoms with Crippen molar-refractivity contribution in [3.63, 3.8) is 0 Å². The minimum absolute atomic E-state index is 0.0214. The average molecular weight is 496 g/mol. The van der Waals surface area contributed by atoms with Crippen molar-refractivity contribution >= 4 is 37.3 Å². The monoisotopic (exact) mass is 495 g/mol. The van der Waals surface area contributed by atoms with E-state index in [9.17, 15) is 21.6 Å². The van der Waals surface area contributed by atoms with Crippen molar-refractivity contribution in [1.29, 1.82) is 0 Å². The SMILES string of the molecule is CC(C)Oc1ccc(N(CC(=O)N2CCc3cc(S(=O)(=O)N(C)C)ccc32)S(C)(=O)=O)cc1. The first-order valence-electron chi connectivity index (χ1n) is 10.4. The lowest BCUT2D eigenvalue weighted by molar-refractivity contribution is -0.117. The third-order valence-electron chi connectivity index (χ3n) is 5.20. The molecule has 0 fully saturated rings. The number of anilines is 2. The van der Waals surface area contributed by atoms with Crippen molar-refractivity contribution in [2.75, 3.05) is 42.6 Å². The van der Waals surface area contributed by atoms with Gasteiger partial charge in [0, 0.05) is 26.3 Å². The number of hydrogen-bond acceptors (Lipinski definition) is 6. The van der Waals surface area contributed by atoms with E-state index < -0.39 is 26.0 Å². The molecule has 0 aliphatic carbocycles. The minimum atomic E-state index is -3.73. The molecule has 1 aliphatic rings. The Hall–Kier alpha value is -2.63. The van der Waals surface area contributed by atoms with E-state index in [0.29, 0.717) is 30.1 Å². The van der Waals surface area contributed by atoms with Crippen molar-refractivity contribution in [3.8, 4) is 5.75 Å². The van der Waals surface area contributed by atoms with E-state index in [1.165, 1.54) is 25.1 Å². The lowest BCUT2D eigenvalue weighted by Gasteiger charge is -2.25. The summed E-state index contributed by atoms with van der Waals surface area (Å²) in [6, 6.07) is 11.1. The van der Waals surface area contributed by atoms with Crippen LogP contribution in [-0.4, -0.2) is 66.6 Å². The normalized spacial score (nSPS) is 14.0. The van der Waals surface area contributed by atoms with Crippen LogP contribution in [0, 0.1) is 0 Å². The molecule has 0 aromatic heterocycles. The van der Waals surface area contributed by atoms with Crippen LogP contribution in [0.15, 0.2) is 47.4 Å². The maximum absolute atomic E-state index is 13.1. The highest BCUT2D eigenvalue weighted by atomic mass is 32.2. The minimum Gasteiger partial charge on any atom is -0.491 e. The van der Waals surface area contributed by atoms with Gasteiger partial charge < -0.3 is 9.64 Å². The van der Waals surface area contributed by atoms with Crippen LogP contribution < -0.4 is 13.9 Å². The maximum Gasteiger partial charge on any atom is 0.247 e. The van der Waals surface area contributed by atoms with Crippen molar-refractivity contribution in [1.82, 2.24) is 4.31 Å². The molecule has 3 rings (SSSR count). The zero-order valence-electron chi connectivity index (χ0n) is 19.3. The number of hydrogen-bond donors (Lipinski definition) is 0. The lowest BCUT2D eigenvalue weighted by atomic mass is 10.2. The summed E-state index contributed by atoms with van der Waals surface area (Å²) in [4.78, 5) is 14.8. The van der Waals surface area contributed by atoms with E-state index in [-0.39, 0.29) is 17.5 Å². The molecule has 180 valence electrons. The first-order chi connectivity index (χ1) is 15.3. The zero-order valence-corrected chi connectivity index (χ0v) is 21.0. The molecule has 2 aromatic carbocycles. The van der Waals surface area contributed by atoms with Gasteiger partial charge in [-0.2, -0.15) is 0 Å². The Morgan fingerprint density at radius 3 is 2.24 bits per heavy atom. The highest BCUT2D eigenvalue weighted by Crippen LogP contribution is 2.31. The molecule has 0 atom stereocenters. The van der Waals surface area contributed by atoms with Gasteiger partial charge in [-0.1, -0.05) is 0 Å². The van der Waals surface area contributed by atoms with Crippen molar-refractivity contribution in [3.05, 3.63) is 48.0 Å². The molecule has 0 bridgehead atoms. The number of sulfonamides is 2. The molecule has 9 nitrogen and oxygen atoms in total. The maximum atomic E-state index is 13.1. The van der Waals surface area contributed by atoms with Crippen LogP contribution in [0.5, 0.6) is 5.75 Å². The van der Waals surface area contributed by atoms with Crippen LogP contribution in [0.3, 0.4) is 0 Å². The number of benzene rings is 2.